The van der Waals surface area contributed by atoms with Crippen molar-refractivity contribution in [1.82, 2.24) is 4.90 Å². The Morgan fingerprint density at radius 2 is 1.61 bits per heavy atom. The van der Waals surface area contributed by atoms with Gasteiger partial charge in [0.15, 0.2) is 17.2 Å². The quantitative estimate of drug-likeness (QED) is 0.658. The van der Waals surface area contributed by atoms with Crippen molar-refractivity contribution >= 4 is 5.78 Å². The van der Waals surface area contributed by atoms with Crippen molar-refractivity contribution in [3.63, 3.8) is 0 Å². The fourth-order valence-corrected chi connectivity index (χ4v) is 4.79. The highest BCUT2D eigenvalue weighted by atomic mass is 19.2. The van der Waals surface area contributed by atoms with Gasteiger partial charge in [-0.1, -0.05) is 29.8 Å². The van der Waals surface area contributed by atoms with Gasteiger partial charge in [-0.25, -0.2) is 8.78 Å². The Hall–Kier alpha value is -2.47. The van der Waals surface area contributed by atoms with Gasteiger partial charge in [-0.15, -0.1) is 0 Å². The van der Waals surface area contributed by atoms with Crippen LogP contribution < -0.4 is 9.47 Å². The largest absolute Gasteiger partial charge is 0.493 e. The summed E-state index contributed by atoms with van der Waals surface area (Å²) in [5.41, 5.74) is -0.719. The fraction of sp³-hybridized carbons (Fsp3) is 0.480. The minimum atomic E-state index is -2.23. The third-order valence-electron chi connectivity index (χ3n) is 6.61. The van der Waals surface area contributed by atoms with E-state index in [1.807, 2.05) is 6.92 Å². The first-order valence-corrected chi connectivity index (χ1v) is 10.7. The number of likely N-dealkylation sites (tertiary alicyclic amines) is 1. The Morgan fingerprint density at radius 1 is 1.00 bits per heavy atom. The van der Waals surface area contributed by atoms with Crippen LogP contribution in [0.25, 0.3) is 0 Å². The van der Waals surface area contributed by atoms with Gasteiger partial charge in [-0.05, 0) is 43.0 Å². The van der Waals surface area contributed by atoms with Crippen molar-refractivity contribution < 1.29 is 23.0 Å². The second-order valence-corrected chi connectivity index (χ2v) is 8.92. The Kier molecular flexibility index (Phi) is 5.77. The molecule has 0 N–H and O–H groups in total. The van der Waals surface area contributed by atoms with E-state index in [1.165, 1.54) is 31.4 Å². The Bertz CT molecular complexity index is 967. The van der Waals surface area contributed by atoms with Gasteiger partial charge >= 0.3 is 0 Å². The van der Waals surface area contributed by atoms with Gasteiger partial charge in [-0.3, -0.25) is 9.69 Å². The predicted octanol–water partition coefficient (Wildman–Crippen LogP) is 4.85. The number of hydrogen-bond acceptors (Lipinski definition) is 4. The number of fused-ring (bicyclic) bond motifs is 1. The average molecular weight is 430 g/mol. The number of halogens is 2. The first-order valence-electron chi connectivity index (χ1n) is 10.7. The second kappa shape index (κ2) is 8.23. The van der Waals surface area contributed by atoms with Crippen molar-refractivity contribution in [2.24, 2.45) is 0 Å². The van der Waals surface area contributed by atoms with Gasteiger partial charge in [0.25, 0.3) is 0 Å². The number of hydrogen-bond donors (Lipinski definition) is 0. The lowest BCUT2D eigenvalue weighted by molar-refractivity contribution is 0.00151. The van der Waals surface area contributed by atoms with Gasteiger partial charge in [0.05, 0.1) is 14.2 Å². The van der Waals surface area contributed by atoms with E-state index in [9.17, 15) is 4.79 Å². The number of carbonyl (C=O) groups excluding carboxylic acids is 1. The number of methoxy groups -OCH3 is 2. The number of ether oxygens (including phenoxy) is 2. The summed E-state index contributed by atoms with van der Waals surface area (Å²) in [5, 5.41) is 0. The first-order chi connectivity index (χ1) is 14.7. The standard InChI is InChI=1S/C25H29F2NO3/c1-17-4-6-18(7-5-17)15-28-10-8-24(26,9-11-28)16-25(27)14-19-12-21(30-2)22(31-3)13-20(19)23(25)29/h4-7,12-13H,8-11,14-16H2,1-3H3. The summed E-state index contributed by atoms with van der Waals surface area (Å²) >= 11 is 0. The molecule has 1 unspecified atom stereocenters. The normalized spacial score (nSPS) is 22.9. The van der Waals surface area contributed by atoms with E-state index in [0.717, 1.165) is 6.54 Å². The van der Waals surface area contributed by atoms with E-state index < -0.39 is 23.5 Å². The van der Waals surface area contributed by atoms with Crippen LogP contribution in [0.2, 0.25) is 0 Å². The molecule has 0 amide bonds. The molecule has 1 fully saturated rings. The SMILES string of the molecule is COc1cc2c(cc1OC)C(=O)C(F)(CC1(F)CCN(Cc3ccc(C)cc3)CC1)C2. The molecule has 4 nitrogen and oxygen atoms in total. The molecule has 6 heteroatoms. The maximum atomic E-state index is 15.8. The summed E-state index contributed by atoms with van der Waals surface area (Å²) in [4.78, 5) is 15.1. The van der Waals surface area contributed by atoms with Gasteiger partial charge in [-0.2, -0.15) is 0 Å². The number of aryl methyl sites for hydroxylation is 1. The van der Waals surface area contributed by atoms with Crippen LogP contribution in [0.3, 0.4) is 0 Å². The average Bonchev–Trinajstić information content (AvgIpc) is 2.99. The Balaban J connectivity index is 1.42. The maximum absolute atomic E-state index is 15.8. The van der Waals surface area contributed by atoms with E-state index in [2.05, 4.69) is 29.2 Å². The van der Waals surface area contributed by atoms with Gasteiger partial charge in [0.1, 0.15) is 5.67 Å². The highest BCUT2D eigenvalue weighted by Gasteiger charge is 2.52. The topological polar surface area (TPSA) is 38.8 Å². The van der Waals surface area contributed by atoms with Crippen molar-refractivity contribution in [3.05, 3.63) is 58.7 Å². The molecule has 1 atom stereocenters. The van der Waals surface area contributed by atoms with Crippen molar-refractivity contribution in [1.29, 1.82) is 0 Å². The maximum Gasteiger partial charge on any atom is 0.200 e. The summed E-state index contributed by atoms with van der Waals surface area (Å²) in [7, 11) is 2.96. The minimum absolute atomic E-state index is 0.125. The molecule has 2 aromatic carbocycles. The number of ketones is 1. The number of nitrogens with zero attached hydrogens (tertiary/aromatic N) is 1. The van der Waals surface area contributed by atoms with E-state index >= 15 is 8.78 Å². The van der Waals surface area contributed by atoms with Crippen LogP contribution >= 0.6 is 0 Å². The zero-order chi connectivity index (χ0) is 22.2. The number of alkyl halides is 2. The summed E-state index contributed by atoms with van der Waals surface area (Å²) in [6.45, 7) is 3.89. The Morgan fingerprint density at radius 3 is 2.23 bits per heavy atom. The van der Waals surface area contributed by atoms with E-state index in [-0.39, 0.29) is 24.8 Å². The predicted molar refractivity (Wildman–Crippen MR) is 116 cm³/mol. The molecule has 1 heterocycles. The van der Waals surface area contributed by atoms with Crippen LogP contribution in [-0.4, -0.2) is 49.3 Å². The zero-order valence-electron chi connectivity index (χ0n) is 18.3. The molecule has 2 aliphatic rings. The van der Waals surface area contributed by atoms with Crippen molar-refractivity contribution in [2.45, 2.75) is 50.5 Å². The molecular formula is C25H29F2NO3. The first kappa shape index (κ1) is 21.8. The minimum Gasteiger partial charge on any atom is -0.493 e. The molecule has 0 radical (unpaired) electrons. The van der Waals surface area contributed by atoms with Gasteiger partial charge in [0, 0.05) is 38.0 Å². The number of benzene rings is 2. The molecule has 31 heavy (non-hydrogen) atoms. The van der Waals surface area contributed by atoms with E-state index in [0.29, 0.717) is 30.2 Å². The molecule has 166 valence electrons. The number of rotatable bonds is 6. The molecule has 0 bridgehead atoms. The van der Waals surface area contributed by atoms with Crippen LogP contribution in [-0.2, 0) is 13.0 Å². The molecule has 0 aromatic heterocycles. The summed E-state index contributed by atoms with van der Waals surface area (Å²) in [6.07, 6.45) is -0.0849. The summed E-state index contributed by atoms with van der Waals surface area (Å²) < 4.78 is 41.9. The lowest BCUT2D eigenvalue weighted by Crippen LogP contribution is -2.47. The lowest BCUT2D eigenvalue weighted by Gasteiger charge is -2.38. The molecule has 1 saturated heterocycles. The molecule has 1 aliphatic heterocycles. The number of carbonyl (C=O) groups is 1. The molecule has 2 aromatic rings. The monoisotopic (exact) mass is 429 g/mol. The fourth-order valence-electron chi connectivity index (χ4n) is 4.79. The molecule has 0 spiro atoms. The zero-order valence-corrected chi connectivity index (χ0v) is 18.3. The van der Waals surface area contributed by atoms with Crippen molar-refractivity contribution in [3.8, 4) is 11.5 Å². The third kappa shape index (κ3) is 4.31. The lowest BCUT2D eigenvalue weighted by atomic mass is 9.81. The van der Waals surface area contributed by atoms with Crippen molar-refractivity contribution in [2.75, 3.05) is 27.3 Å². The smallest absolute Gasteiger partial charge is 0.200 e. The van der Waals surface area contributed by atoms with Crippen LogP contribution in [0.15, 0.2) is 36.4 Å². The number of piperidine rings is 1. The van der Waals surface area contributed by atoms with Gasteiger partial charge in [0.2, 0.25) is 5.78 Å². The Labute approximate surface area is 182 Å². The summed E-state index contributed by atoms with van der Waals surface area (Å²) in [5.74, 6) is 0.165. The summed E-state index contributed by atoms with van der Waals surface area (Å²) in [6, 6.07) is 11.4. The van der Waals surface area contributed by atoms with E-state index in [4.69, 9.17) is 9.47 Å². The van der Waals surface area contributed by atoms with E-state index in [1.54, 1.807) is 6.07 Å². The third-order valence-corrected chi connectivity index (χ3v) is 6.61. The van der Waals surface area contributed by atoms with Crippen LogP contribution in [0, 0.1) is 6.92 Å². The van der Waals surface area contributed by atoms with Crippen LogP contribution in [0.1, 0.15) is 46.3 Å². The van der Waals surface area contributed by atoms with Crippen LogP contribution in [0.5, 0.6) is 11.5 Å². The highest BCUT2D eigenvalue weighted by Crippen LogP contribution is 2.45. The van der Waals surface area contributed by atoms with Gasteiger partial charge < -0.3 is 9.47 Å². The molecule has 4 rings (SSSR count). The molecule has 0 saturated carbocycles. The number of Topliss-reactive ketones (excluding diaryl/α,β-unsaturated/α-hetero) is 1. The van der Waals surface area contributed by atoms with Crippen LogP contribution in [0.4, 0.5) is 8.78 Å². The second-order valence-electron chi connectivity index (χ2n) is 8.92. The highest BCUT2D eigenvalue weighted by molar-refractivity contribution is 6.07. The molecule has 1 aliphatic carbocycles. The molecular weight excluding hydrogens is 400 g/mol.